The highest BCUT2D eigenvalue weighted by molar-refractivity contribution is 7.89. The second kappa shape index (κ2) is 9.18. The topological polar surface area (TPSA) is 49.4 Å². The smallest absolute Gasteiger partial charge is 0.240 e. The van der Waals surface area contributed by atoms with Gasteiger partial charge in [0, 0.05) is 29.3 Å². The first-order valence-corrected chi connectivity index (χ1v) is 11.3. The van der Waals surface area contributed by atoms with E-state index in [1.165, 1.54) is 12.1 Å². The molecule has 1 N–H and O–H groups in total. The van der Waals surface area contributed by atoms with Crippen LogP contribution in [0.3, 0.4) is 0 Å². The van der Waals surface area contributed by atoms with Gasteiger partial charge in [-0.25, -0.2) is 13.1 Å². The molecule has 0 bridgehead atoms. The predicted octanol–water partition coefficient (Wildman–Crippen LogP) is 5.46. The number of nitrogens with one attached hydrogen (secondary N) is 1. The number of likely N-dealkylation sites (N-methyl/N-ethyl adjacent to an activating group) is 1. The Balaban J connectivity index is 1.90. The van der Waals surface area contributed by atoms with Crippen molar-refractivity contribution >= 4 is 38.9 Å². The average Bonchev–Trinajstić information content (AvgIpc) is 2.71. The third kappa shape index (κ3) is 5.31. The van der Waals surface area contributed by atoms with Gasteiger partial charge in [0.2, 0.25) is 10.0 Å². The van der Waals surface area contributed by atoms with E-state index in [0.717, 1.165) is 16.8 Å². The number of hydrogen-bond donors (Lipinski definition) is 1. The summed E-state index contributed by atoms with van der Waals surface area (Å²) in [5.41, 5.74) is 2.99. The first-order valence-electron chi connectivity index (χ1n) is 9.07. The van der Waals surface area contributed by atoms with Crippen molar-refractivity contribution in [1.29, 1.82) is 0 Å². The van der Waals surface area contributed by atoms with E-state index < -0.39 is 10.0 Å². The highest BCUT2D eigenvalue weighted by Crippen LogP contribution is 2.30. The normalized spacial score (nSPS) is 12.6. The molecule has 7 heteroatoms. The molecule has 29 heavy (non-hydrogen) atoms. The molecule has 0 radical (unpaired) electrons. The molecule has 0 aromatic heterocycles. The fourth-order valence-electron chi connectivity index (χ4n) is 3.17. The maximum Gasteiger partial charge on any atom is 0.240 e. The zero-order valence-electron chi connectivity index (χ0n) is 16.1. The van der Waals surface area contributed by atoms with E-state index in [4.69, 9.17) is 23.2 Å². The number of sulfonamides is 1. The molecular formula is C22H22Cl2N2O2S. The minimum atomic E-state index is -3.68. The summed E-state index contributed by atoms with van der Waals surface area (Å²) in [6.45, 7) is 2.19. The van der Waals surface area contributed by atoms with Crippen molar-refractivity contribution in [2.24, 2.45) is 0 Å². The molecule has 0 aliphatic rings. The van der Waals surface area contributed by atoms with Crippen molar-refractivity contribution in [3.63, 3.8) is 0 Å². The van der Waals surface area contributed by atoms with E-state index in [2.05, 4.69) is 4.72 Å². The molecular weight excluding hydrogens is 427 g/mol. The summed E-state index contributed by atoms with van der Waals surface area (Å²) >= 11 is 12.1. The van der Waals surface area contributed by atoms with Crippen LogP contribution >= 0.6 is 23.2 Å². The molecule has 3 aromatic carbocycles. The Morgan fingerprint density at radius 2 is 1.55 bits per heavy atom. The molecule has 4 nitrogen and oxygen atoms in total. The van der Waals surface area contributed by atoms with Gasteiger partial charge in [-0.1, -0.05) is 59.6 Å². The van der Waals surface area contributed by atoms with Gasteiger partial charge in [0.1, 0.15) is 0 Å². The quantitative estimate of drug-likeness (QED) is 0.521. The van der Waals surface area contributed by atoms with Crippen molar-refractivity contribution < 1.29 is 8.42 Å². The molecule has 0 aliphatic heterocycles. The first kappa shape index (κ1) is 21.7. The van der Waals surface area contributed by atoms with E-state index >= 15 is 0 Å². The largest absolute Gasteiger partial charge is 0.366 e. The minimum Gasteiger partial charge on any atom is -0.366 e. The third-order valence-electron chi connectivity index (χ3n) is 4.79. The van der Waals surface area contributed by atoms with Gasteiger partial charge in [-0.2, -0.15) is 0 Å². The van der Waals surface area contributed by atoms with Gasteiger partial charge in [0.05, 0.1) is 10.9 Å². The van der Waals surface area contributed by atoms with Crippen LogP contribution in [0, 0.1) is 6.92 Å². The molecule has 0 amide bonds. The first-order chi connectivity index (χ1) is 13.8. The highest BCUT2D eigenvalue weighted by Gasteiger charge is 2.22. The van der Waals surface area contributed by atoms with Gasteiger partial charge >= 0.3 is 0 Å². The summed E-state index contributed by atoms with van der Waals surface area (Å²) in [5.74, 6) is 0. The Bertz CT molecular complexity index is 1070. The lowest BCUT2D eigenvalue weighted by Gasteiger charge is -2.32. The number of hydrogen-bond acceptors (Lipinski definition) is 3. The molecule has 1 atom stereocenters. The summed E-state index contributed by atoms with van der Waals surface area (Å²) in [7, 11) is -1.74. The number of aryl methyl sites for hydroxylation is 1. The lowest BCUT2D eigenvalue weighted by atomic mass is 10.0. The maximum absolute atomic E-state index is 12.8. The molecule has 3 rings (SSSR count). The molecule has 0 saturated carbocycles. The Kier molecular flexibility index (Phi) is 6.85. The van der Waals surface area contributed by atoms with Crippen molar-refractivity contribution in [2.75, 3.05) is 18.5 Å². The molecule has 3 aromatic rings. The summed E-state index contributed by atoms with van der Waals surface area (Å²) in [6, 6.07) is 21.3. The van der Waals surface area contributed by atoms with Crippen molar-refractivity contribution in [3.05, 3.63) is 94.0 Å². The summed E-state index contributed by atoms with van der Waals surface area (Å²) in [4.78, 5) is 2.22. The fraction of sp³-hybridized carbons (Fsp3) is 0.182. The second-order valence-corrected chi connectivity index (χ2v) is 9.41. The standard InChI is InChI=1S/C22H22Cl2N2O2S/c1-16-8-9-19(24)14-21(16)26(2)22(17-6-4-3-5-7-17)15-25-29(27,28)20-12-10-18(23)11-13-20/h3-14,22,25H,15H2,1-2H3/t22-/m0/s1. The Morgan fingerprint density at radius 1 is 0.931 bits per heavy atom. The van der Waals surface area contributed by atoms with E-state index in [-0.39, 0.29) is 17.5 Å². The van der Waals surface area contributed by atoms with Crippen molar-refractivity contribution in [3.8, 4) is 0 Å². The van der Waals surface area contributed by atoms with Gasteiger partial charge in [0.25, 0.3) is 0 Å². The summed E-state index contributed by atoms with van der Waals surface area (Å²) in [6.07, 6.45) is 0. The maximum atomic E-state index is 12.8. The highest BCUT2D eigenvalue weighted by atomic mass is 35.5. The van der Waals surface area contributed by atoms with Gasteiger partial charge in [-0.05, 0) is 54.4 Å². The van der Waals surface area contributed by atoms with Gasteiger partial charge in [-0.15, -0.1) is 0 Å². The van der Waals surface area contributed by atoms with Crippen molar-refractivity contribution in [2.45, 2.75) is 17.9 Å². The van der Waals surface area contributed by atoms with Crippen LogP contribution in [-0.2, 0) is 10.0 Å². The number of benzene rings is 3. The summed E-state index contributed by atoms with van der Waals surface area (Å²) < 4.78 is 28.3. The van der Waals surface area contributed by atoms with E-state index in [9.17, 15) is 8.42 Å². The van der Waals surface area contributed by atoms with Crippen LogP contribution in [-0.4, -0.2) is 22.0 Å². The lowest BCUT2D eigenvalue weighted by molar-refractivity contribution is 0.567. The monoisotopic (exact) mass is 448 g/mol. The second-order valence-electron chi connectivity index (χ2n) is 6.77. The molecule has 0 unspecified atom stereocenters. The lowest BCUT2D eigenvalue weighted by Crippen LogP contribution is -2.36. The van der Waals surface area contributed by atoms with E-state index in [0.29, 0.717) is 10.0 Å². The average molecular weight is 449 g/mol. The Hall–Kier alpha value is -2.05. The SMILES string of the molecule is Cc1ccc(Cl)cc1N(C)[C@@H](CNS(=O)(=O)c1ccc(Cl)cc1)c1ccccc1. The molecule has 0 fully saturated rings. The molecule has 152 valence electrons. The summed E-state index contributed by atoms with van der Waals surface area (Å²) in [5, 5.41) is 1.12. The number of halogens is 2. The number of nitrogens with zero attached hydrogens (tertiary/aromatic N) is 1. The molecule has 0 heterocycles. The van der Waals surface area contributed by atoms with Crippen LogP contribution < -0.4 is 9.62 Å². The van der Waals surface area contributed by atoms with Gasteiger partial charge < -0.3 is 4.90 Å². The zero-order chi connectivity index (χ0) is 21.0. The predicted molar refractivity (Wildman–Crippen MR) is 120 cm³/mol. The van der Waals surface area contributed by atoms with Crippen LogP contribution in [0.4, 0.5) is 5.69 Å². The van der Waals surface area contributed by atoms with Gasteiger partial charge in [-0.3, -0.25) is 0 Å². The van der Waals surface area contributed by atoms with Crippen molar-refractivity contribution in [1.82, 2.24) is 4.72 Å². The van der Waals surface area contributed by atoms with Gasteiger partial charge in [0.15, 0.2) is 0 Å². The van der Waals surface area contributed by atoms with Crippen LogP contribution in [0.1, 0.15) is 17.2 Å². The molecule has 0 spiro atoms. The molecule has 0 saturated heterocycles. The molecule has 0 aliphatic carbocycles. The minimum absolute atomic E-state index is 0.176. The Morgan fingerprint density at radius 3 is 2.21 bits per heavy atom. The fourth-order valence-corrected chi connectivity index (χ4v) is 4.50. The number of rotatable bonds is 7. The van der Waals surface area contributed by atoms with Crippen LogP contribution in [0.5, 0.6) is 0 Å². The van der Waals surface area contributed by atoms with Crippen LogP contribution in [0.2, 0.25) is 10.0 Å². The van der Waals surface area contributed by atoms with E-state index in [1.807, 2.05) is 67.4 Å². The third-order valence-corrected chi connectivity index (χ3v) is 6.72. The Labute approximate surface area is 182 Å². The number of anilines is 1. The zero-order valence-corrected chi connectivity index (χ0v) is 18.5. The van der Waals surface area contributed by atoms with Crippen LogP contribution in [0.25, 0.3) is 0 Å². The van der Waals surface area contributed by atoms with E-state index in [1.54, 1.807) is 12.1 Å². The van der Waals surface area contributed by atoms with Crippen LogP contribution in [0.15, 0.2) is 77.7 Å².